The monoisotopic (exact) mass is 289 g/mol. The number of likely N-dealkylation sites (N-methyl/N-ethyl adjacent to an activating group) is 1. The van der Waals surface area contributed by atoms with Crippen LogP contribution >= 0.6 is 0 Å². The third-order valence-electron chi connectivity index (χ3n) is 3.22. The second-order valence-corrected chi connectivity index (χ2v) is 4.77. The molecule has 0 aromatic carbocycles. The number of allylic oxidation sites excluding steroid dienone is 1. The van der Waals surface area contributed by atoms with Gasteiger partial charge in [-0.1, -0.05) is 13.0 Å². The normalized spacial score (nSPS) is 11.8. The van der Waals surface area contributed by atoms with Crippen LogP contribution in [-0.4, -0.2) is 43.2 Å². The molecule has 0 spiro atoms. The first-order valence-corrected chi connectivity index (χ1v) is 7.05. The summed E-state index contributed by atoms with van der Waals surface area (Å²) < 4.78 is 11.1. The van der Waals surface area contributed by atoms with E-state index in [0.717, 1.165) is 25.9 Å². The van der Waals surface area contributed by atoms with Crippen LogP contribution in [0.15, 0.2) is 24.9 Å². The van der Waals surface area contributed by atoms with Crippen LogP contribution in [0.1, 0.15) is 25.3 Å². The van der Waals surface area contributed by atoms with E-state index in [0.29, 0.717) is 17.2 Å². The topological polar surface area (TPSA) is 58.4 Å². The van der Waals surface area contributed by atoms with Gasteiger partial charge in [-0.3, -0.25) is 0 Å². The van der Waals surface area contributed by atoms with Crippen LogP contribution < -0.4 is 9.47 Å². The smallest absolute Gasteiger partial charge is 0.235 e. The third-order valence-corrected chi connectivity index (χ3v) is 3.22. The van der Waals surface area contributed by atoms with Gasteiger partial charge in [0.05, 0.1) is 7.11 Å². The van der Waals surface area contributed by atoms with Crippen molar-refractivity contribution in [1.82, 2.24) is 9.88 Å². The summed E-state index contributed by atoms with van der Waals surface area (Å²) in [6, 6.07) is 3.80. The molecule has 0 bridgehead atoms. The predicted molar refractivity (Wildman–Crippen MR) is 82.5 cm³/mol. The molecule has 0 N–H and O–H groups in total. The van der Waals surface area contributed by atoms with Crippen molar-refractivity contribution in [2.24, 2.45) is 0 Å². The number of nitriles is 1. The molecule has 0 amide bonds. The molecule has 0 radical (unpaired) electrons. The maximum absolute atomic E-state index is 9.27. The van der Waals surface area contributed by atoms with Gasteiger partial charge in [0, 0.05) is 18.8 Å². The molecular weight excluding hydrogens is 266 g/mol. The zero-order valence-electron chi connectivity index (χ0n) is 13.0. The molecule has 0 aliphatic heterocycles. The Hall–Kier alpha value is -2.06. The van der Waals surface area contributed by atoms with E-state index in [1.54, 1.807) is 12.3 Å². The molecule has 1 heterocycles. The Morgan fingerprint density at radius 2 is 2.33 bits per heavy atom. The van der Waals surface area contributed by atoms with Gasteiger partial charge in [0.25, 0.3) is 0 Å². The summed E-state index contributed by atoms with van der Waals surface area (Å²) in [6.07, 6.45) is 5.17. The van der Waals surface area contributed by atoms with Crippen LogP contribution in [0.3, 0.4) is 0 Å². The molecular formula is C16H23N3O2. The van der Waals surface area contributed by atoms with E-state index in [1.165, 1.54) is 7.11 Å². The van der Waals surface area contributed by atoms with Gasteiger partial charge in [-0.15, -0.1) is 6.58 Å². The molecule has 5 nitrogen and oxygen atoms in total. The predicted octanol–water partition coefficient (Wildman–Crippen LogP) is 2.63. The van der Waals surface area contributed by atoms with E-state index in [9.17, 15) is 5.26 Å². The van der Waals surface area contributed by atoms with E-state index in [-0.39, 0.29) is 6.10 Å². The van der Waals surface area contributed by atoms with Crippen molar-refractivity contribution >= 4 is 0 Å². The molecule has 1 aromatic heterocycles. The van der Waals surface area contributed by atoms with Gasteiger partial charge in [0.2, 0.25) is 5.88 Å². The maximum atomic E-state index is 9.27. The quantitative estimate of drug-likeness (QED) is 0.654. The van der Waals surface area contributed by atoms with Gasteiger partial charge in [-0.05, 0) is 26.4 Å². The van der Waals surface area contributed by atoms with Crippen LogP contribution in [0.5, 0.6) is 11.6 Å². The molecule has 114 valence electrons. The number of methoxy groups -OCH3 is 1. The van der Waals surface area contributed by atoms with Crippen LogP contribution in [-0.2, 0) is 0 Å². The van der Waals surface area contributed by atoms with E-state index in [4.69, 9.17) is 9.47 Å². The summed E-state index contributed by atoms with van der Waals surface area (Å²) in [6.45, 7) is 7.58. The van der Waals surface area contributed by atoms with Crippen LogP contribution in [0.2, 0.25) is 0 Å². The Kier molecular flexibility index (Phi) is 7.27. The lowest BCUT2D eigenvalue weighted by molar-refractivity contribution is 0.142. The lowest BCUT2D eigenvalue weighted by Gasteiger charge is -2.24. The van der Waals surface area contributed by atoms with Crippen molar-refractivity contribution in [3.05, 3.63) is 30.5 Å². The second-order valence-electron chi connectivity index (χ2n) is 4.77. The average molecular weight is 289 g/mol. The number of pyridine rings is 1. The van der Waals surface area contributed by atoms with Crippen molar-refractivity contribution in [3.63, 3.8) is 0 Å². The number of nitrogens with zero attached hydrogens (tertiary/aromatic N) is 3. The van der Waals surface area contributed by atoms with Crippen molar-refractivity contribution < 1.29 is 9.47 Å². The van der Waals surface area contributed by atoms with Crippen molar-refractivity contribution in [2.75, 3.05) is 27.2 Å². The van der Waals surface area contributed by atoms with Crippen molar-refractivity contribution in [3.8, 4) is 17.7 Å². The largest absolute Gasteiger partial charge is 0.487 e. The fraction of sp³-hybridized carbons (Fsp3) is 0.500. The van der Waals surface area contributed by atoms with Crippen LogP contribution in [0.4, 0.5) is 0 Å². The molecule has 0 fully saturated rings. The lowest BCUT2D eigenvalue weighted by atomic mass is 10.1. The highest BCUT2D eigenvalue weighted by atomic mass is 16.5. The van der Waals surface area contributed by atoms with Gasteiger partial charge < -0.3 is 14.4 Å². The summed E-state index contributed by atoms with van der Waals surface area (Å²) in [5.74, 6) is 0.809. The van der Waals surface area contributed by atoms with Crippen molar-refractivity contribution in [2.45, 2.75) is 25.9 Å². The Bertz CT molecular complexity index is 497. The van der Waals surface area contributed by atoms with Crippen LogP contribution in [0.25, 0.3) is 0 Å². The molecule has 5 heteroatoms. The first kappa shape index (κ1) is 17.0. The Morgan fingerprint density at radius 3 is 2.90 bits per heavy atom. The average Bonchev–Trinajstić information content (AvgIpc) is 2.51. The zero-order chi connectivity index (χ0) is 15.7. The molecule has 0 saturated carbocycles. The highest BCUT2D eigenvalue weighted by molar-refractivity contribution is 5.48. The summed E-state index contributed by atoms with van der Waals surface area (Å²) in [5, 5.41) is 9.27. The first-order valence-electron chi connectivity index (χ1n) is 7.05. The molecule has 0 aliphatic rings. The molecule has 21 heavy (non-hydrogen) atoms. The van der Waals surface area contributed by atoms with E-state index >= 15 is 0 Å². The minimum absolute atomic E-state index is 0.00726. The molecule has 1 aromatic rings. The number of aromatic nitrogens is 1. The summed E-state index contributed by atoms with van der Waals surface area (Å²) in [4.78, 5) is 6.20. The molecule has 0 saturated heterocycles. The first-order chi connectivity index (χ1) is 10.2. The highest BCUT2D eigenvalue weighted by Gasteiger charge is 2.17. The standard InChI is InChI=1S/C16H23N3O2/c1-5-7-8-13(12-19(3)6-2)21-15-9-10-18-16(20-4)14(15)11-17/h5,9-10,13H,1,6-8,12H2,2-4H3/t13-/m1/s1. The van der Waals surface area contributed by atoms with Gasteiger partial charge >= 0.3 is 0 Å². The second kappa shape index (κ2) is 8.98. The van der Waals surface area contributed by atoms with Gasteiger partial charge in [0.1, 0.15) is 17.9 Å². The number of ether oxygens (including phenoxy) is 2. The van der Waals surface area contributed by atoms with Gasteiger partial charge in [-0.2, -0.15) is 5.26 Å². The lowest BCUT2D eigenvalue weighted by Crippen LogP contribution is -2.33. The van der Waals surface area contributed by atoms with E-state index in [2.05, 4.69) is 29.5 Å². The number of hydrogen-bond acceptors (Lipinski definition) is 5. The third kappa shape index (κ3) is 5.09. The fourth-order valence-corrected chi connectivity index (χ4v) is 1.93. The maximum Gasteiger partial charge on any atom is 0.235 e. The minimum atomic E-state index is -0.00726. The number of rotatable bonds is 9. The van der Waals surface area contributed by atoms with Crippen molar-refractivity contribution in [1.29, 1.82) is 5.26 Å². The van der Waals surface area contributed by atoms with E-state index < -0.39 is 0 Å². The molecule has 1 rings (SSSR count). The molecule has 0 aliphatic carbocycles. The number of hydrogen-bond donors (Lipinski definition) is 0. The zero-order valence-corrected chi connectivity index (χ0v) is 13.0. The summed E-state index contributed by atoms with van der Waals surface area (Å²) in [7, 11) is 3.54. The molecule has 1 atom stereocenters. The van der Waals surface area contributed by atoms with Crippen LogP contribution in [0, 0.1) is 11.3 Å². The Balaban J connectivity index is 2.91. The minimum Gasteiger partial charge on any atom is -0.487 e. The molecule has 0 unspecified atom stereocenters. The van der Waals surface area contributed by atoms with Gasteiger partial charge in [0.15, 0.2) is 5.56 Å². The SMILES string of the molecule is C=CCC[C@H](CN(C)CC)Oc1ccnc(OC)c1C#N. The Morgan fingerprint density at radius 1 is 1.57 bits per heavy atom. The highest BCUT2D eigenvalue weighted by Crippen LogP contribution is 2.26. The summed E-state index contributed by atoms with van der Waals surface area (Å²) >= 11 is 0. The fourth-order valence-electron chi connectivity index (χ4n) is 1.93. The Labute approximate surface area is 126 Å². The van der Waals surface area contributed by atoms with Gasteiger partial charge in [-0.25, -0.2) is 4.98 Å². The summed E-state index contributed by atoms with van der Waals surface area (Å²) in [5.41, 5.74) is 0.336. The van der Waals surface area contributed by atoms with E-state index in [1.807, 2.05) is 13.1 Å².